The van der Waals surface area contributed by atoms with Gasteiger partial charge in [-0.25, -0.2) is 0 Å². The van der Waals surface area contributed by atoms with Crippen molar-refractivity contribution >= 4 is 11.8 Å². The van der Waals surface area contributed by atoms with Crippen LogP contribution in [0.4, 0.5) is 0 Å². The van der Waals surface area contributed by atoms with Gasteiger partial charge in [-0.2, -0.15) is 0 Å². The molecule has 2 aliphatic rings. The van der Waals surface area contributed by atoms with E-state index in [1.54, 1.807) is 9.80 Å². The monoisotopic (exact) mass is 355 g/mol. The maximum Gasteiger partial charge on any atom is 0.276 e. The SMILES string of the molecule is O=C(c1ccon1)N1CCN(C(=O)C2(O)CCc3ccccc3C2)CC1. The highest BCUT2D eigenvalue weighted by atomic mass is 16.5. The summed E-state index contributed by atoms with van der Waals surface area (Å²) in [5.74, 6) is -0.434. The Kier molecular flexibility index (Phi) is 4.24. The Hall–Kier alpha value is -2.67. The third kappa shape index (κ3) is 2.99. The summed E-state index contributed by atoms with van der Waals surface area (Å²) in [6.07, 6.45) is 2.84. The molecule has 1 fully saturated rings. The summed E-state index contributed by atoms with van der Waals surface area (Å²) in [6, 6.07) is 9.47. The van der Waals surface area contributed by atoms with E-state index in [4.69, 9.17) is 4.52 Å². The summed E-state index contributed by atoms with van der Waals surface area (Å²) in [4.78, 5) is 28.5. The highest BCUT2D eigenvalue weighted by molar-refractivity contribution is 5.92. The number of rotatable bonds is 2. The number of aryl methyl sites for hydroxylation is 1. The standard InChI is InChI=1S/C19H21N3O4/c23-17(16-6-12-26-20-16)21-8-10-22(11-9-21)18(24)19(25)7-5-14-3-1-2-4-15(14)13-19/h1-4,6,12,25H,5,7-11,13H2. The molecule has 0 spiro atoms. The summed E-state index contributed by atoms with van der Waals surface area (Å²) in [5.41, 5.74) is 1.15. The van der Waals surface area contributed by atoms with Crippen molar-refractivity contribution in [3.8, 4) is 0 Å². The molecule has 7 heteroatoms. The second-order valence-electron chi connectivity index (χ2n) is 6.95. The fourth-order valence-electron chi connectivity index (χ4n) is 3.79. The average molecular weight is 355 g/mol. The lowest BCUT2D eigenvalue weighted by Gasteiger charge is -2.40. The largest absolute Gasteiger partial charge is 0.380 e. The number of nitrogens with zero attached hydrogens (tertiary/aromatic N) is 3. The maximum absolute atomic E-state index is 12.9. The van der Waals surface area contributed by atoms with Crippen LogP contribution < -0.4 is 0 Å². The number of carbonyl (C=O) groups is 2. The van der Waals surface area contributed by atoms with Crippen LogP contribution >= 0.6 is 0 Å². The number of aromatic nitrogens is 1. The van der Waals surface area contributed by atoms with Crippen molar-refractivity contribution in [3.63, 3.8) is 0 Å². The molecule has 1 aliphatic heterocycles. The highest BCUT2D eigenvalue weighted by Gasteiger charge is 2.42. The molecule has 1 aromatic carbocycles. The molecule has 136 valence electrons. The van der Waals surface area contributed by atoms with E-state index in [1.165, 1.54) is 17.9 Å². The molecule has 7 nitrogen and oxygen atoms in total. The topological polar surface area (TPSA) is 86.9 Å². The normalized spacial score (nSPS) is 22.8. The lowest BCUT2D eigenvalue weighted by atomic mass is 9.79. The summed E-state index contributed by atoms with van der Waals surface area (Å²) in [5, 5.41) is 14.6. The first kappa shape index (κ1) is 16.8. The van der Waals surface area contributed by atoms with Crippen molar-refractivity contribution in [1.29, 1.82) is 0 Å². The molecule has 0 saturated carbocycles. The van der Waals surface area contributed by atoms with E-state index in [1.807, 2.05) is 24.3 Å². The summed E-state index contributed by atoms with van der Waals surface area (Å²) < 4.78 is 4.71. The first-order valence-corrected chi connectivity index (χ1v) is 8.85. The van der Waals surface area contributed by atoms with Crippen LogP contribution in [0.2, 0.25) is 0 Å². The Balaban J connectivity index is 1.40. The van der Waals surface area contributed by atoms with E-state index < -0.39 is 5.60 Å². The minimum atomic E-state index is -1.35. The fourth-order valence-corrected chi connectivity index (χ4v) is 3.79. The maximum atomic E-state index is 12.9. The molecule has 4 rings (SSSR count). The molecular weight excluding hydrogens is 334 g/mol. The van der Waals surface area contributed by atoms with Gasteiger partial charge in [0.15, 0.2) is 5.69 Å². The Morgan fingerprint density at radius 2 is 1.73 bits per heavy atom. The van der Waals surface area contributed by atoms with Crippen molar-refractivity contribution in [2.75, 3.05) is 26.2 Å². The molecular formula is C19H21N3O4. The molecule has 1 atom stereocenters. The number of aliphatic hydroxyl groups is 1. The Morgan fingerprint density at radius 3 is 2.42 bits per heavy atom. The van der Waals surface area contributed by atoms with E-state index in [-0.39, 0.29) is 17.5 Å². The number of amides is 2. The fraction of sp³-hybridized carbons (Fsp3) is 0.421. The number of hydrogen-bond acceptors (Lipinski definition) is 5. The second kappa shape index (κ2) is 6.57. The van der Waals surface area contributed by atoms with Gasteiger partial charge in [-0.05, 0) is 24.0 Å². The van der Waals surface area contributed by atoms with Crippen molar-refractivity contribution in [2.24, 2.45) is 0 Å². The number of benzene rings is 1. The van der Waals surface area contributed by atoms with Crippen LogP contribution in [-0.4, -0.2) is 63.7 Å². The average Bonchev–Trinajstić information content (AvgIpc) is 3.21. The zero-order valence-corrected chi connectivity index (χ0v) is 14.4. The molecule has 1 aromatic heterocycles. The van der Waals surface area contributed by atoms with Gasteiger partial charge in [-0.15, -0.1) is 0 Å². The molecule has 1 unspecified atom stereocenters. The van der Waals surface area contributed by atoms with Gasteiger partial charge in [-0.1, -0.05) is 29.4 Å². The van der Waals surface area contributed by atoms with Gasteiger partial charge in [0, 0.05) is 38.7 Å². The van der Waals surface area contributed by atoms with E-state index in [0.29, 0.717) is 45.4 Å². The molecule has 1 saturated heterocycles. The first-order chi connectivity index (χ1) is 12.6. The molecule has 2 heterocycles. The molecule has 26 heavy (non-hydrogen) atoms. The number of piperazine rings is 1. The van der Waals surface area contributed by atoms with Crippen LogP contribution in [0.1, 0.15) is 28.0 Å². The quantitative estimate of drug-likeness (QED) is 0.864. The van der Waals surface area contributed by atoms with Crippen LogP contribution in [-0.2, 0) is 17.6 Å². The minimum absolute atomic E-state index is 0.198. The minimum Gasteiger partial charge on any atom is -0.380 e. The van der Waals surface area contributed by atoms with Gasteiger partial charge >= 0.3 is 0 Å². The molecule has 0 bridgehead atoms. The zero-order chi connectivity index (χ0) is 18.1. The third-order valence-electron chi connectivity index (χ3n) is 5.32. The Bertz CT molecular complexity index is 812. The molecule has 1 N–H and O–H groups in total. The first-order valence-electron chi connectivity index (χ1n) is 8.85. The van der Waals surface area contributed by atoms with Crippen LogP contribution in [0, 0.1) is 0 Å². The van der Waals surface area contributed by atoms with Crippen LogP contribution in [0.25, 0.3) is 0 Å². The second-order valence-corrected chi connectivity index (χ2v) is 6.95. The van der Waals surface area contributed by atoms with E-state index in [2.05, 4.69) is 5.16 Å². The molecule has 1 aliphatic carbocycles. The summed E-state index contributed by atoms with van der Waals surface area (Å²) in [7, 11) is 0. The van der Waals surface area contributed by atoms with Gasteiger partial charge in [0.1, 0.15) is 11.9 Å². The van der Waals surface area contributed by atoms with Crippen LogP contribution in [0.15, 0.2) is 41.1 Å². The Morgan fingerprint density at radius 1 is 1.04 bits per heavy atom. The van der Waals surface area contributed by atoms with Gasteiger partial charge < -0.3 is 19.4 Å². The predicted molar refractivity (Wildman–Crippen MR) is 92.4 cm³/mol. The van der Waals surface area contributed by atoms with Crippen molar-refractivity contribution in [2.45, 2.75) is 24.9 Å². The third-order valence-corrected chi connectivity index (χ3v) is 5.32. The van der Waals surface area contributed by atoms with Gasteiger partial charge in [-0.3, -0.25) is 9.59 Å². The van der Waals surface area contributed by atoms with Crippen molar-refractivity contribution in [3.05, 3.63) is 53.4 Å². The van der Waals surface area contributed by atoms with E-state index in [0.717, 1.165) is 5.56 Å². The van der Waals surface area contributed by atoms with Crippen LogP contribution in [0.5, 0.6) is 0 Å². The van der Waals surface area contributed by atoms with Gasteiger partial charge in [0.2, 0.25) is 0 Å². The molecule has 2 aromatic rings. The van der Waals surface area contributed by atoms with Gasteiger partial charge in [0.25, 0.3) is 11.8 Å². The number of carbonyl (C=O) groups excluding carboxylic acids is 2. The Labute approximate surface area is 151 Å². The van der Waals surface area contributed by atoms with E-state index in [9.17, 15) is 14.7 Å². The van der Waals surface area contributed by atoms with Gasteiger partial charge in [0.05, 0.1) is 0 Å². The number of hydrogen-bond donors (Lipinski definition) is 1. The van der Waals surface area contributed by atoms with Crippen molar-refractivity contribution < 1.29 is 19.2 Å². The molecule has 2 amide bonds. The number of fused-ring (bicyclic) bond motifs is 1. The van der Waals surface area contributed by atoms with E-state index >= 15 is 0 Å². The predicted octanol–water partition coefficient (Wildman–Crippen LogP) is 0.879. The highest BCUT2D eigenvalue weighted by Crippen LogP contribution is 2.30. The van der Waals surface area contributed by atoms with Crippen LogP contribution in [0.3, 0.4) is 0 Å². The smallest absolute Gasteiger partial charge is 0.276 e. The lowest BCUT2D eigenvalue weighted by Crippen LogP contribution is -2.58. The molecule has 0 radical (unpaired) electrons. The summed E-state index contributed by atoms with van der Waals surface area (Å²) in [6.45, 7) is 1.66. The van der Waals surface area contributed by atoms with Crippen molar-refractivity contribution in [1.82, 2.24) is 15.0 Å². The lowest BCUT2D eigenvalue weighted by molar-refractivity contribution is -0.154. The zero-order valence-electron chi connectivity index (χ0n) is 14.4. The summed E-state index contributed by atoms with van der Waals surface area (Å²) >= 11 is 0.